The van der Waals surface area contributed by atoms with E-state index in [2.05, 4.69) is 55.7 Å². The van der Waals surface area contributed by atoms with Gasteiger partial charge in [-0.3, -0.25) is 4.99 Å². The molecule has 0 spiro atoms. The third kappa shape index (κ3) is 5.53. The van der Waals surface area contributed by atoms with Crippen LogP contribution in [0.15, 0.2) is 53.7 Å². The Hall–Kier alpha value is -2.33. The molecule has 1 saturated heterocycles. The average Bonchev–Trinajstić information content (AvgIpc) is 3.37. The summed E-state index contributed by atoms with van der Waals surface area (Å²) in [4.78, 5) is 11.1. The van der Waals surface area contributed by atoms with Crippen LogP contribution in [0.4, 0.5) is 5.82 Å². The van der Waals surface area contributed by atoms with E-state index in [1.54, 1.807) is 13.2 Å². The Morgan fingerprint density at radius 2 is 2.03 bits per heavy atom. The van der Waals surface area contributed by atoms with E-state index < -0.39 is 0 Å². The van der Waals surface area contributed by atoms with Crippen LogP contribution in [-0.4, -0.2) is 46.9 Å². The summed E-state index contributed by atoms with van der Waals surface area (Å²) < 4.78 is 1.99. The Kier molecular flexibility index (Phi) is 8.36. The van der Waals surface area contributed by atoms with Gasteiger partial charge in [-0.2, -0.15) is 5.10 Å². The van der Waals surface area contributed by atoms with E-state index in [1.807, 2.05) is 35.9 Å². The number of nitrogens with zero attached hydrogens (tertiary/aromatic N) is 5. The summed E-state index contributed by atoms with van der Waals surface area (Å²) in [5.41, 5.74) is 4.36. The molecule has 1 aliphatic rings. The molecule has 7 nitrogen and oxygen atoms in total. The quantitative estimate of drug-likeness (QED) is 0.277. The van der Waals surface area contributed by atoms with E-state index in [4.69, 9.17) is 11.6 Å². The van der Waals surface area contributed by atoms with Crippen LogP contribution in [0.3, 0.4) is 0 Å². The highest BCUT2D eigenvalue weighted by molar-refractivity contribution is 14.0. The third-order valence-corrected chi connectivity index (χ3v) is 5.76. The summed E-state index contributed by atoms with van der Waals surface area (Å²) >= 11 is 6.31. The van der Waals surface area contributed by atoms with Gasteiger partial charge in [-0.25, -0.2) is 9.67 Å². The molecule has 2 N–H and O–H groups in total. The van der Waals surface area contributed by atoms with E-state index in [0.717, 1.165) is 53.9 Å². The Balaban J connectivity index is 0.00000289. The van der Waals surface area contributed by atoms with Gasteiger partial charge in [0.2, 0.25) is 0 Å². The maximum Gasteiger partial charge on any atom is 0.191 e. The summed E-state index contributed by atoms with van der Waals surface area (Å²) in [6.45, 7) is 6.48. The van der Waals surface area contributed by atoms with Gasteiger partial charge >= 0.3 is 0 Å². The van der Waals surface area contributed by atoms with Crippen molar-refractivity contribution >= 4 is 47.4 Å². The smallest absolute Gasteiger partial charge is 0.191 e. The first-order valence-electron chi connectivity index (χ1n) is 10.5. The largest absolute Gasteiger partial charge is 0.353 e. The molecule has 1 aliphatic heterocycles. The second-order valence-electron chi connectivity index (χ2n) is 7.78. The molecule has 1 aromatic carbocycles. The van der Waals surface area contributed by atoms with Crippen molar-refractivity contribution in [2.24, 2.45) is 4.99 Å². The number of hydrogen-bond acceptors (Lipinski definition) is 4. The molecule has 0 bridgehead atoms. The summed E-state index contributed by atoms with van der Waals surface area (Å²) in [5.74, 6) is 1.62. The third-order valence-electron chi connectivity index (χ3n) is 5.47. The summed E-state index contributed by atoms with van der Waals surface area (Å²) in [7, 11) is 1.80. The molecule has 0 saturated carbocycles. The van der Waals surface area contributed by atoms with Crippen LogP contribution < -0.4 is 15.5 Å². The molecule has 32 heavy (non-hydrogen) atoms. The number of rotatable bonds is 5. The molecule has 170 valence electrons. The summed E-state index contributed by atoms with van der Waals surface area (Å²) in [6.07, 6.45) is 2.78. The minimum Gasteiger partial charge on any atom is -0.353 e. The highest BCUT2D eigenvalue weighted by Gasteiger charge is 2.25. The molecule has 3 aromatic rings. The van der Waals surface area contributed by atoms with Crippen molar-refractivity contribution < 1.29 is 0 Å². The lowest BCUT2D eigenvalue weighted by atomic mass is 10.1. The molecule has 4 rings (SSSR count). The zero-order chi connectivity index (χ0) is 21.8. The van der Waals surface area contributed by atoms with Gasteiger partial charge in [0.25, 0.3) is 0 Å². The number of para-hydroxylation sites is 1. The molecular formula is C23H29ClIN7. The first kappa shape index (κ1) is 24.3. The molecule has 1 unspecified atom stereocenters. The van der Waals surface area contributed by atoms with E-state index in [0.29, 0.717) is 11.6 Å². The van der Waals surface area contributed by atoms with Crippen molar-refractivity contribution in [1.82, 2.24) is 25.4 Å². The van der Waals surface area contributed by atoms with Crippen LogP contribution in [0.2, 0.25) is 5.02 Å². The minimum atomic E-state index is 0. The lowest BCUT2D eigenvalue weighted by molar-refractivity contribution is 0.647. The SMILES string of the molecule is CN=C(NCc1ccccc1-n1nc(C)cc1C)NC1CCN(c2ncccc2Cl)C1.I. The van der Waals surface area contributed by atoms with Crippen molar-refractivity contribution in [3.8, 4) is 5.69 Å². The van der Waals surface area contributed by atoms with Crippen molar-refractivity contribution in [1.29, 1.82) is 0 Å². The maximum atomic E-state index is 6.31. The van der Waals surface area contributed by atoms with Crippen LogP contribution >= 0.6 is 35.6 Å². The number of pyridine rings is 1. The first-order valence-corrected chi connectivity index (χ1v) is 10.9. The molecule has 0 radical (unpaired) electrons. The Labute approximate surface area is 211 Å². The number of aryl methyl sites for hydroxylation is 2. The lowest BCUT2D eigenvalue weighted by Gasteiger charge is -2.20. The van der Waals surface area contributed by atoms with E-state index in [1.165, 1.54) is 0 Å². The molecule has 0 aliphatic carbocycles. The number of halogens is 2. The molecule has 2 aromatic heterocycles. The van der Waals surface area contributed by atoms with Gasteiger partial charge in [0.15, 0.2) is 5.96 Å². The normalized spacial score (nSPS) is 16.1. The maximum absolute atomic E-state index is 6.31. The monoisotopic (exact) mass is 565 g/mol. The summed E-state index contributed by atoms with van der Waals surface area (Å²) in [5, 5.41) is 12.3. The zero-order valence-corrected chi connectivity index (χ0v) is 21.6. The highest BCUT2D eigenvalue weighted by atomic mass is 127. The van der Waals surface area contributed by atoms with Crippen LogP contribution in [-0.2, 0) is 6.54 Å². The van der Waals surface area contributed by atoms with Crippen molar-refractivity contribution in [3.63, 3.8) is 0 Å². The number of benzene rings is 1. The fraction of sp³-hybridized carbons (Fsp3) is 0.348. The predicted molar refractivity (Wildman–Crippen MR) is 142 cm³/mol. The molecule has 1 atom stereocenters. The van der Waals surface area contributed by atoms with Gasteiger partial charge in [-0.15, -0.1) is 24.0 Å². The van der Waals surface area contributed by atoms with E-state index >= 15 is 0 Å². The Morgan fingerprint density at radius 1 is 1.22 bits per heavy atom. The Morgan fingerprint density at radius 3 is 2.75 bits per heavy atom. The number of aliphatic imine (C=N–C) groups is 1. The van der Waals surface area contributed by atoms with Gasteiger partial charge < -0.3 is 15.5 Å². The van der Waals surface area contributed by atoms with Crippen molar-refractivity contribution in [2.75, 3.05) is 25.0 Å². The Bertz CT molecular complexity index is 1080. The van der Waals surface area contributed by atoms with Gasteiger partial charge in [0.05, 0.1) is 16.4 Å². The molecule has 3 heterocycles. The van der Waals surface area contributed by atoms with Gasteiger partial charge in [-0.05, 0) is 50.1 Å². The predicted octanol–water partition coefficient (Wildman–Crippen LogP) is 4.10. The molecule has 9 heteroatoms. The molecule has 0 amide bonds. The standard InChI is InChI=1S/C23H28ClN7.HI/c1-16-13-17(2)31(29-16)21-9-5-4-7-18(21)14-27-23(25-3)28-19-10-12-30(15-19)22-20(24)8-6-11-26-22;/h4-9,11,13,19H,10,12,14-15H2,1-3H3,(H2,25,27,28);1H. The van der Waals surface area contributed by atoms with Crippen molar-refractivity contribution in [2.45, 2.75) is 32.9 Å². The van der Waals surface area contributed by atoms with Crippen LogP contribution in [0, 0.1) is 13.8 Å². The van der Waals surface area contributed by atoms with Crippen LogP contribution in [0.5, 0.6) is 0 Å². The second kappa shape index (κ2) is 11.0. The van der Waals surface area contributed by atoms with Gasteiger partial charge in [-0.1, -0.05) is 29.8 Å². The highest BCUT2D eigenvalue weighted by Crippen LogP contribution is 2.25. The average molecular weight is 566 g/mol. The first-order chi connectivity index (χ1) is 15.0. The van der Waals surface area contributed by atoms with Gasteiger partial charge in [0.1, 0.15) is 5.82 Å². The fourth-order valence-corrected chi connectivity index (χ4v) is 4.23. The fourth-order valence-electron chi connectivity index (χ4n) is 3.99. The number of hydrogen-bond donors (Lipinski definition) is 2. The van der Waals surface area contributed by atoms with Crippen LogP contribution in [0.1, 0.15) is 23.4 Å². The van der Waals surface area contributed by atoms with Crippen LogP contribution in [0.25, 0.3) is 5.69 Å². The second-order valence-corrected chi connectivity index (χ2v) is 8.19. The number of anilines is 1. The number of aromatic nitrogens is 3. The molecular weight excluding hydrogens is 537 g/mol. The zero-order valence-electron chi connectivity index (χ0n) is 18.5. The molecule has 1 fully saturated rings. The van der Waals surface area contributed by atoms with E-state index in [9.17, 15) is 0 Å². The van der Waals surface area contributed by atoms with Crippen molar-refractivity contribution in [3.05, 3.63) is 70.6 Å². The number of guanidine groups is 1. The number of nitrogens with one attached hydrogen (secondary N) is 2. The van der Waals surface area contributed by atoms with E-state index in [-0.39, 0.29) is 30.0 Å². The topological polar surface area (TPSA) is 70.4 Å². The lowest BCUT2D eigenvalue weighted by Crippen LogP contribution is -2.44. The van der Waals surface area contributed by atoms with Gasteiger partial charge in [0, 0.05) is 44.6 Å². The minimum absolute atomic E-state index is 0. The summed E-state index contributed by atoms with van der Waals surface area (Å²) in [6, 6.07) is 14.4.